The molecule has 0 fully saturated rings. The molecular formula is C9H9N3O. The van der Waals surface area contributed by atoms with Crippen LogP contribution in [0.1, 0.15) is 5.69 Å². The normalized spacial score (nSPS) is 10.2. The number of rotatable bonds is 1. The van der Waals surface area contributed by atoms with E-state index in [1.807, 2.05) is 25.1 Å². The molecule has 2 aromatic rings. The van der Waals surface area contributed by atoms with Crippen LogP contribution < -0.4 is 5.73 Å². The van der Waals surface area contributed by atoms with E-state index >= 15 is 0 Å². The van der Waals surface area contributed by atoms with Gasteiger partial charge in [0.15, 0.2) is 11.6 Å². The Morgan fingerprint density at radius 2 is 2.23 bits per heavy atom. The lowest BCUT2D eigenvalue weighted by atomic mass is 10.2. The van der Waals surface area contributed by atoms with E-state index in [1.165, 1.54) is 0 Å². The predicted octanol–water partition coefficient (Wildman–Crippen LogP) is 1.63. The quantitative estimate of drug-likeness (QED) is 0.715. The molecule has 2 rings (SSSR count). The van der Waals surface area contributed by atoms with Crippen LogP contribution in [-0.2, 0) is 0 Å². The van der Waals surface area contributed by atoms with Crippen molar-refractivity contribution in [3.8, 4) is 11.5 Å². The molecule has 0 saturated carbocycles. The molecule has 2 heterocycles. The number of pyridine rings is 1. The SMILES string of the molecule is Cc1cccc(-c2cc(N)no2)n1. The fraction of sp³-hybridized carbons (Fsp3) is 0.111. The molecule has 2 N–H and O–H groups in total. The molecule has 2 aromatic heterocycles. The summed E-state index contributed by atoms with van der Waals surface area (Å²) < 4.78 is 4.97. The van der Waals surface area contributed by atoms with Gasteiger partial charge in [-0.05, 0) is 19.1 Å². The molecule has 0 spiro atoms. The maximum Gasteiger partial charge on any atom is 0.187 e. The molecule has 0 saturated heterocycles. The van der Waals surface area contributed by atoms with Crippen molar-refractivity contribution in [2.45, 2.75) is 6.92 Å². The molecule has 0 aromatic carbocycles. The van der Waals surface area contributed by atoms with Crippen LogP contribution in [0.2, 0.25) is 0 Å². The lowest BCUT2D eigenvalue weighted by Crippen LogP contribution is -1.83. The van der Waals surface area contributed by atoms with E-state index in [1.54, 1.807) is 6.07 Å². The maximum atomic E-state index is 5.42. The van der Waals surface area contributed by atoms with Crippen LogP contribution in [0.15, 0.2) is 28.8 Å². The van der Waals surface area contributed by atoms with E-state index in [-0.39, 0.29) is 0 Å². The van der Waals surface area contributed by atoms with Gasteiger partial charge < -0.3 is 10.3 Å². The smallest absolute Gasteiger partial charge is 0.187 e. The number of anilines is 1. The van der Waals surface area contributed by atoms with Gasteiger partial charge in [0.05, 0.1) is 0 Å². The minimum absolute atomic E-state index is 0.373. The average molecular weight is 175 g/mol. The van der Waals surface area contributed by atoms with Gasteiger partial charge in [-0.25, -0.2) is 4.98 Å². The molecule has 0 atom stereocenters. The second-order valence-corrected chi connectivity index (χ2v) is 2.78. The fourth-order valence-corrected chi connectivity index (χ4v) is 1.09. The summed E-state index contributed by atoms with van der Waals surface area (Å²) in [5, 5.41) is 3.59. The third-order valence-corrected chi connectivity index (χ3v) is 1.67. The minimum Gasteiger partial charge on any atom is -0.381 e. The number of aryl methyl sites for hydroxylation is 1. The van der Waals surface area contributed by atoms with Gasteiger partial charge in [-0.2, -0.15) is 0 Å². The van der Waals surface area contributed by atoms with Crippen molar-refractivity contribution >= 4 is 5.82 Å². The van der Waals surface area contributed by atoms with Crippen LogP contribution in [-0.4, -0.2) is 10.1 Å². The van der Waals surface area contributed by atoms with Gasteiger partial charge in [0.1, 0.15) is 5.69 Å². The Morgan fingerprint density at radius 3 is 2.85 bits per heavy atom. The first kappa shape index (κ1) is 7.79. The summed E-state index contributed by atoms with van der Waals surface area (Å²) in [7, 11) is 0. The number of nitrogen functional groups attached to an aromatic ring is 1. The van der Waals surface area contributed by atoms with E-state index in [2.05, 4.69) is 10.1 Å². The van der Waals surface area contributed by atoms with Crippen LogP contribution in [0, 0.1) is 6.92 Å². The molecule has 0 aliphatic carbocycles. The molecule has 4 heteroatoms. The Hall–Kier alpha value is -1.84. The highest BCUT2D eigenvalue weighted by atomic mass is 16.5. The minimum atomic E-state index is 0.373. The van der Waals surface area contributed by atoms with E-state index in [9.17, 15) is 0 Å². The summed E-state index contributed by atoms with van der Waals surface area (Å²) in [6.07, 6.45) is 0. The Bertz CT molecular complexity index is 422. The third-order valence-electron chi connectivity index (χ3n) is 1.67. The van der Waals surface area contributed by atoms with Crippen molar-refractivity contribution in [1.82, 2.24) is 10.1 Å². The standard InChI is InChI=1S/C9H9N3O/c1-6-3-2-4-7(11-6)8-5-9(10)12-13-8/h2-5H,1H3,(H2,10,12). The lowest BCUT2D eigenvalue weighted by Gasteiger charge is -1.94. The van der Waals surface area contributed by atoms with E-state index in [0.717, 1.165) is 11.4 Å². The van der Waals surface area contributed by atoms with Crippen LogP contribution in [0.3, 0.4) is 0 Å². The zero-order chi connectivity index (χ0) is 9.26. The third kappa shape index (κ3) is 1.51. The summed E-state index contributed by atoms with van der Waals surface area (Å²) in [5.41, 5.74) is 7.11. The first-order chi connectivity index (χ1) is 6.25. The number of nitrogens with zero attached hydrogens (tertiary/aromatic N) is 2. The Kier molecular flexibility index (Phi) is 1.73. The van der Waals surface area contributed by atoms with Crippen molar-refractivity contribution in [2.24, 2.45) is 0 Å². The molecular weight excluding hydrogens is 166 g/mol. The zero-order valence-electron chi connectivity index (χ0n) is 7.19. The lowest BCUT2D eigenvalue weighted by molar-refractivity contribution is 0.434. The number of nitrogens with two attached hydrogens (primary N) is 1. The second kappa shape index (κ2) is 2.90. The van der Waals surface area contributed by atoms with Crippen LogP contribution in [0.25, 0.3) is 11.5 Å². The highest BCUT2D eigenvalue weighted by Crippen LogP contribution is 2.18. The predicted molar refractivity (Wildman–Crippen MR) is 48.9 cm³/mol. The van der Waals surface area contributed by atoms with E-state index in [0.29, 0.717) is 11.6 Å². The molecule has 66 valence electrons. The number of aromatic nitrogens is 2. The fourth-order valence-electron chi connectivity index (χ4n) is 1.09. The van der Waals surface area contributed by atoms with Crippen molar-refractivity contribution in [3.63, 3.8) is 0 Å². The highest BCUT2D eigenvalue weighted by Gasteiger charge is 2.04. The molecule has 0 aliphatic heterocycles. The summed E-state index contributed by atoms with van der Waals surface area (Å²) >= 11 is 0. The topological polar surface area (TPSA) is 64.9 Å². The van der Waals surface area contributed by atoms with Gasteiger partial charge in [-0.3, -0.25) is 0 Å². The molecule has 0 amide bonds. The second-order valence-electron chi connectivity index (χ2n) is 2.78. The van der Waals surface area contributed by atoms with Gasteiger partial charge in [-0.15, -0.1) is 0 Å². The van der Waals surface area contributed by atoms with Crippen molar-refractivity contribution in [2.75, 3.05) is 5.73 Å². The van der Waals surface area contributed by atoms with Crippen molar-refractivity contribution in [1.29, 1.82) is 0 Å². The van der Waals surface area contributed by atoms with Crippen LogP contribution >= 0.6 is 0 Å². The highest BCUT2D eigenvalue weighted by molar-refractivity contribution is 5.55. The van der Waals surface area contributed by atoms with Gasteiger partial charge in [0.2, 0.25) is 0 Å². The Labute approximate surface area is 75.4 Å². The van der Waals surface area contributed by atoms with Crippen molar-refractivity contribution in [3.05, 3.63) is 30.0 Å². The number of hydrogen-bond donors (Lipinski definition) is 1. The first-order valence-electron chi connectivity index (χ1n) is 3.92. The summed E-state index contributed by atoms with van der Waals surface area (Å²) in [4.78, 5) is 4.27. The monoisotopic (exact) mass is 175 g/mol. The van der Waals surface area contributed by atoms with Gasteiger partial charge in [0.25, 0.3) is 0 Å². The Balaban J connectivity index is 2.46. The average Bonchev–Trinajstić information content (AvgIpc) is 2.52. The number of hydrogen-bond acceptors (Lipinski definition) is 4. The summed E-state index contributed by atoms with van der Waals surface area (Å²) in [6, 6.07) is 7.34. The van der Waals surface area contributed by atoms with E-state index < -0.39 is 0 Å². The summed E-state index contributed by atoms with van der Waals surface area (Å²) in [5.74, 6) is 0.972. The largest absolute Gasteiger partial charge is 0.381 e. The zero-order valence-corrected chi connectivity index (χ0v) is 7.19. The molecule has 0 bridgehead atoms. The van der Waals surface area contributed by atoms with Crippen LogP contribution in [0.5, 0.6) is 0 Å². The van der Waals surface area contributed by atoms with Gasteiger partial charge >= 0.3 is 0 Å². The van der Waals surface area contributed by atoms with Gasteiger partial charge in [-0.1, -0.05) is 11.2 Å². The summed E-state index contributed by atoms with van der Waals surface area (Å²) in [6.45, 7) is 1.92. The first-order valence-corrected chi connectivity index (χ1v) is 3.92. The van der Waals surface area contributed by atoms with Crippen molar-refractivity contribution < 1.29 is 4.52 Å². The van der Waals surface area contributed by atoms with E-state index in [4.69, 9.17) is 10.3 Å². The molecule has 0 aliphatic rings. The molecule has 0 unspecified atom stereocenters. The molecule has 4 nitrogen and oxygen atoms in total. The van der Waals surface area contributed by atoms with Crippen LogP contribution in [0.4, 0.5) is 5.82 Å². The Morgan fingerprint density at radius 1 is 1.38 bits per heavy atom. The maximum absolute atomic E-state index is 5.42. The van der Waals surface area contributed by atoms with Gasteiger partial charge in [0, 0.05) is 11.8 Å². The molecule has 0 radical (unpaired) electrons. The molecule has 13 heavy (non-hydrogen) atoms.